The highest BCUT2D eigenvalue weighted by molar-refractivity contribution is 6.04. The molecule has 0 unspecified atom stereocenters. The summed E-state index contributed by atoms with van der Waals surface area (Å²) in [5.41, 5.74) is 2.72. The lowest BCUT2D eigenvalue weighted by molar-refractivity contribution is 0.0343. The molecule has 12 nitrogen and oxygen atoms in total. The van der Waals surface area contributed by atoms with Gasteiger partial charge in [0.2, 0.25) is 0 Å². The molecule has 1 aliphatic heterocycles. The van der Waals surface area contributed by atoms with E-state index in [2.05, 4.69) is 20.7 Å². The van der Waals surface area contributed by atoms with Crippen molar-refractivity contribution in [3.8, 4) is 5.75 Å². The Hall–Kier alpha value is -4.42. The molecule has 1 aliphatic rings. The van der Waals surface area contributed by atoms with E-state index >= 15 is 0 Å². The van der Waals surface area contributed by atoms with Gasteiger partial charge in [0.15, 0.2) is 11.5 Å². The number of urea groups is 1. The summed E-state index contributed by atoms with van der Waals surface area (Å²) in [6.45, 7) is 8.33. The summed E-state index contributed by atoms with van der Waals surface area (Å²) in [4.78, 5) is 41.6. The largest absolute Gasteiger partial charge is 0.486 e. The molecule has 1 aromatic heterocycles. The number of aromatic nitrogens is 1. The van der Waals surface area contributed by atoms with E-state index in [1.54, 1.807) is 68.1 Å². The molecule has 3 aromatic rings. The fourth-order valence-corrected chi connectivity index (χ4v) is 4.92. The molecule has 0 saturated heterocycles. The van der Waals surface area contributed by atoms with Crippen LogP contribution in [-0.4, -0.2) is 82.0 Å². The van der Waals surface area contributed by atoms with Crippen LogP contribution in [0.3, 0.4) is 0 Å². The third-order valence-electron chi connectivity index (χ3n) is 7.36. The van der Waals surface area contributed by atoms with E-state index in [0.717, 1.165) is 5.56 Å². The molecule has 0 aliphatic carbocycles. The molecule has 12 heteroatoms. The maximum absolute atomic E-state index is 13.7. The highest BCUT2D eigenvalue weighted by Gasteiger charge is 2.34. The highest BCUT2D eigenvalue weighted by Crippen LogP contribution is 2.35. The average molecular weight is 580 g/mol. The second-order valence-electron chi connectivity index (χ2n) is 10.8. The summed E-state index contributed by atoms with van der Waals surface area (Å²) in [7, 11) is 1.93. The Bertz CT molecular complexity index is 1420. The van der Waals surface area contributed by atoms with Crippen LogP contribution in [0.15, 0.2) is 47.0 Å². The van der Waals surface area contributed by atoms with E-state index in [1.165, 1.54) is 0 Å². The van der Waals surface area contributed by atoms with Crippen molar-refractivity contribution < 1.29 is 33.9 Å². The zero-order valence-electron chi connectivity index (χ0n) is 24.4. The van der Waals surface area contributed by atoms with Crippen LogP contribution in [0.25, 0.3) is 0 Å². The van der Waals surface area contributed by atoms with Gasteiger partial charge in [-0.25, -0.2) is 9.59 Å². The normalized spacial score (nSPS) is 17.6. The summed E-state index contributed by atoms with van der Waals surface area (Å²) < 4.78 is 11.7. The van der Waals surface area contributed by atoms with Crippen molar-refractivity contribution >= 4 is 29.3 Å². The zero-order chi connectivity index (χ0) is 30.6. The fraction of sp³-hybridized carbons (Fsp3) is 0.400. The molecule has 0 radical (unpaired) electrons. The van der Waals surface area contributed by atoms with Crippen molar-refractivity contribution in [2.45, 2.75) is 46.4 Å². The minimum atomic E-state index is -0.980. The van der Waals surface area contributed by atoms with E-state index in [4.69, 9.17) is 9.26 Å². The van der Waals surface area contributed by atoms with Crippen LogP contribution < -0.4 is 15.4 Å². The standard InChI is InChI=1S/C30H37N5O7/c1-17-13-35(18(2)16-36)28(37)23-7-6-8-24(31-30(40)32-26-19(3)33-42-20(26)4)27(23)41-25(17)15-34(5)14-21-9-11-22(12-10-21)29(38)39/h6-12,17-18,25,36H,13-16H2,1-5H3,(H,38,39)(H2,31,32,40)/t17-,18-,25+/m1/s1. The summed E-state index contributed by atoms with van der Waals surface area (Å²) >= 11 is 0. The van der Waals surface area contributed by atoms with Gasteiger partial charge in [-0.05, 0) is 57.6 Å². The molecule has 4 rings (SSSR count). The number of nitrogens with one attached hydrogen (secondary N) is 2. The van der Waals surface area contributed by atoms with Crippen molar-refractivity contribution in [2.24, 2.45) is 5.92 Å². The number of anilines is 2. The quantitative estimate of drug-likeness (QED) is 0.294. The lowest BCUT2D eigenvalue weighted by Gasteiger charge is -2.38. The Labute approximate surface area is 244 Å². The molecule has 0 bridgehead atoms. The maximum Gasteiger partial charge on any atom is 0.335 e. The van der Waals surface area contributed by atoms with Crippen molar-refractivity contribution in [2.75, 3.05) is 37.4 Å². The Morgan fingerprint density at radius 2 is 1.88 bits per heavy atom. The van der Waals surface area contributed by atoms with E-state index < -0.39 is 24.1 Å². The molecule has 3 amide bonds. The number of aliphatic hydroxyl groups excluding tert-OH is 1. The summed E-state index contributed by atoms with van der Waals surface area (Å²) in [6.07, 6.45) is -0.401. The number of carboxylic acids is 1. The minimum Gasteiger partial charge on any atom is -0.486 e. The summed E-state index contributed by atoms with van der Waals surface area (Å²) in [5.74, 6) is -0.732. The third kappa shape index (κ3) is 6.89. The smallest absolute Gasteiger partial charge is 0.335 e. The predicted octanol–water partition coefficient (Wildman–Crippen LogP) is 3.99. The first-order valence-electron chi connectivity index (χ1n) is 13.7. The van der Waals surface area contributed by atoms with Gasteiger partial charge >= 0.3 is 12.0 Å². The molecular weight excluding hydrogens is 542 g/mol. The van der Waals surface area contributed by atoms with Gasteiger partial charge in [0.1, 0.15) is 17.5 Å². The number of aromatic carboxylic acids is 1. The number of rotatable bonds is 9. The van der Waals surface area contributed by atoms with Crippen molar-refractivity contribution in [1.82, 2.24) is 15.0 Å². The van der Waals surface area contributed by atoms with Gasteiger partial charge in [-0.15, -0.1) is 0 Å². The van der Waals surface area contributed by atoms with Gasteiger partial charge < -0.3 is 35.0 Å². The SMILES string of the molecule is Cc1noc(C)c1NC(=O)Nc1cccc2c1O[C@@H](CN(C)Cc1ccc(C(=O)O)cc1)[C@H](C)CN([C@H](C)CO)C2=O. The van der Waals surface area contributed by atoms with Crippen LogP contribution in [0.2, 0.25) is 0 Å². The average Bonchev–Trinajstić information content (AvgIpc) is 3.27. The molecule has 0 spiro atoms. The molecule has 2 aromatic carbocycles. The topological polar surface area (TPSA) is 157 Å². The van der Waals surface area contributed by atoms with Crippen LogP contribution in [0.5, 0.6) is 5.75 Å². The molecule has 2 heterocycles. The second-order valence-corrected chi connectivity index (χ2v) is 10.8. The first-order valence-corrected chi connectivity index (χ1v) is 13.7. The van der Waals surface area contributed by atoms with Crippen LogP contribution in [0.1, 0.15) is 51.6 Å². The maximum atomic E-state index is 13.7. The van der Waals surface area contributed by atoms with Crippen molar-refractivity contribution in [3.05, 3.63) is 70.6 Å². The monoisotopic (exact) mass is 579 g/mol. The van der Waals surface area contributed by atoms with Gasteiger partial charge in [0, 0.05) is 25.6 Å². The van der Waals surface area contributed by atoms with Crippen LogP contribution in [0, 0.1) is 19.8 Å². The number of aryl methyl sites for hydroxylation is 2. The number of carbonyl (C=O) groups is 3. The minimum absolute atomic E-state index is 0.142. The number of para-hydroxylation sites is 1. The number of carbonyl (C=O) groups excluding carboxylic acids is 2. The molecule has 0 saturated carbocycles. The molecule has 224 valence electrons. The molecule has 0 fully saturated rings. The van der Waals surface area contributed by atoms with E-state index in [0.29, 0.717) is 42.5 Å². The molecule has 4 N–H and O–H groups in total. The van der Waals surface area contributed by atoms with Gasteiger partial charge in [0.25, 0.3) is 5.91 Å². The van der Waals surface area contributed by atoms with Gasteiger partial charge in [0.05, 0.1) is 29.5 Å². The zero-order valence-corrected chi connectivity index (χ0v) is 24.4. The molecule has 3 atom stereocenters. The number of hydrogen-bond acceptors (Lipinski definition) is 8. The van der Waals surface area contributed by atoms with Gasteiger partial charge in [-0.3, -0.25) is 9.69 Å². The number of nitrogens with zero attached hydrogens (tertiary/aromatic N) is 3. The first-order chi connectivity index (χ1) is 20.0. The van der Waals surface area contributed by atoms with Crippen LogP contribution >= 0.6 is 0 Å². The Balaban J connectivity index is 1.62. The highest BCUT2D eigenvalue weighted by atomic mass is 16.5. The Morgan fingerprint density at radius 1 is 1.17 bits per heavy atom. The summed E-state index contributed by atoms with van der Waals surface area (Å²) in [6, 6.07) is 10.7. The molecule has 42 heavy (non-hydrogen) atoms. The van der Waals surface area contributed by atoms with E-state index in [9.17, 15) is 24.6 Å². The number of likely N-dealkylation sites (N-methyl/N-ethyl adjacent to an activating group) is 1. The van der Waals surface area contributed by atoms with Gasteiger partial charge in [-0.1, -0.05) is 30.3 Å². The third-order valence-corrected chi connectivity index (χ3v) is 7.36. The Kier molecular flexibility index (Phi) is 9.48. The van der Waals surface area contributed by atoms with Gasteiger partial charge in [-0.2, -0.15) is 0 Å². The lowest BCUT2D eigenvalue weighted by Crippen LogP contribution is -2.49. The predicted molar refractivity (Wildman–Crippen MR) is 156 cm³/mol. The van der Waals surface area contributed by atoms with Crippen LogP contribution in [-0.2, 0) is 6.54 Å². The number of amides is 3. The van der Waals surface area contributed by atoms with E-state index in [-0.39, 0.29) is 35.3 Å². The Morgan fingerprint density at radius 3 is 2.50 bits per heavy atom. The van der Waals surface area contributed by atoms with Crippen LogP contribution in [0.4, 0.5) is 16.2 Å². The first kappa shape index (κ1) is 30.5. The number of ether oxygens (including phenoxy) is 1. The van der Waals surface area contributed by atoms with Crippen molar-refractivity contribution in [3.63, 3.8) is 0 Å². The number of benzene rings is 2. The molecular formula is C30H37N5O7. The fourth-order valence-electron chi connectivity index (χ4n) is 4.92. The van der Waals surface area contributed by atoms with Crippen molar-refractivity contribution in [1.29, 1.82) is 0 Å². The second kappa shape index (κ2) is 13.0. The number of carboxylic acid groups (broad SMARTS) is 1. The number of hydrogen-bond donors (Lipinski definition) is 4. The number of aliphatic hydroxyl groups is 1. The van der Waals surface area contributed by atoms with E-state index in [1.807, 2.05) is 14.0 Å². The lowest BCUT2D eigenvalue weighted by atomic mass is 9.98. The number of fused-ring (bicyclic) bond motifs is 1. The summed E-state index contributed by atoms with van der Waals surface area (Å²) in [5, 5.41) is 28.5.